The van der Waals surface area contributed by atoms with Crippen molar-refractivity contribution in [1.29, 1.82) is 0 Å². The van der Waals surface area contributed by atoms with Crippen LogP contribution in [0.2, 0.25) is 0 Å². The summed E-state index contributed by atoms with van der Waals surface area (Å²) in [5.41, 5.74) is 8.08. The van der Waals surface area contributed by atoms with E-state index in [2.05, 4.69) is 56.1 Å². The second-order valence-corrected chi connectivity index (χ2v) is 13.5. The summed E-state index contributed by atoms with van der Waals surface area (Å²) in [6, 6.07) is 16.1. The van der Waals surface area contributed by atoms with Crippen molar-refractivity contribution in [3.05, 3.63) is 180 Å². The molecule has 0 aromatic heterocycles. The molecule has 20 nitrogen and oxygen atoms in total. The molecule has 0 spiro atoms. The molecule has 0 amide bonds. The van der Waals surface area contributed by atoms with Crippen LogP contribution in [0.5, 0.6) is 28.7 Å². The Morgan fingerprint density at radius 3 is 1.30 bits per heavy atom. The molecule has 0 unspecified atom stereocenters. The van der Waals surface area contributed by atoms with Crippen molar-refractivity contribution in [3.63, 3.8) is 0 Å². The van der Waals surface area contributed by atoms with E-state index in [4.69, 9.17) is 52.8 Å². The Kier molecular flexibility index (Phi) is 21.0. The van der Waals surface area contributed by atoms with Gasteiger partial charge in [-0.2, -0.15) is 0 Å². The van der Waals surface area contributed by atoms with Crippen molar-refractivity contribution in [2.45, 2.75) is 20.8 Å². The van der Waals surface area contributed by atoms with Gasteiger partial charge in [0.2, 0.25) is 5.75 Å². The van der Waals surface area contributed by atoms with Gasteiger partial charge in [-0.05, 0) is 112 Å². The lowest BCUT2D eigenvalue weighted by molar-refractivity contribution is -0.385. The average molecular weight is 988 g/mol. The Hall–Kier alpha value is -8.49. The lowest BCUT2D eigenvalue weighted by Crippen LogP contribution is -1.95. The van der Waals surface area contributed by atoms with Crippen molar-refractivity contribution in [3.8, 4) is 28.7 Å². The third-order valence-corrected chi connectivity index (χ3v) is 8.82. The molecule has 63 heavy (non-hydrogen) atoms. The SMILES string of the molecule is [C-]#[N+]c1cc(Br)c(OC)c([N+](=O)[O-])c1.[C-]#[N+]c1cc(C)c(O)c(N)c1.[C-]#[N+]c1cc(C)c(O)c([N+](=O)[O-])c1.[C-]#[N+]c1cc(C)c(OC)c([N+](=O)[O-])c1.[C-]#[N+]c1ccc(OC)c(Br)c1. The number of rotatable bonds is 6. The van der Waals surface area contributed by atoms with Crippen molar-refractivity contribution < 1.29 is 39.2 Å². The highest BCUT2D eigenvalue weighted by Crippen LogP contribution is 2.39. The van der Waals surface area contributed by atoms with E-state index in [1.807, 2.05) is 0 Å². The summed E-state index contributed by atoms with van der Waals surface area (Å²) in [6.45, 7) is 38.5. The van der Waals surface area contributed by atoms with Gasteiger partial charge in [-0.3, -0.25) is 30.3 Å². The molecule has 0 radical (unpaired) electrons. The largest absolute Gasteiger partial charge is 0.506 e. The summed E-state index contributed by atoms with van der Waals surface area (Å²) in [5.74, 6) is 0.775. The third kappa shape index (κ3) is 15.2. The van der Waals surface area contributed by atoms with Crippen LogP contribution < -0.4 is 19.9 Å². The molecule has 322 valence electrons. The monoisotopic (exact) mass is 985 g/mol. The first-order valence-corrected chi connectivity index (χ1v) is 18.4. The number of aromatic hydroxyl groups is 2. The van der Waals surface area contributed by atoms with Crippen molar-refractivity contribution in [1.82, 2.24) is 0 Å². The fourth-order valence-corrected chi connectivity index (χ4v) is 5.82. The van der Waals surface area contributed by atoms with Crippen LogP contribution in [0.4, 0.5) is 51.2 Å². The zero-order valence-corrected chi connectivity index (χ0v) is 37.0. The number of benzene rings is 5. The third-order valence-electron chi connectivity index (χ3n) is 7.61. The molecule has 0 atom stereocenters. The molecule has 0 heterocycles. The molecule has 0 saturated carbocycles. The molecule has 5 aromatic rings. The van der Waals surface area contributed by atoms with E-state index in [1.54, 1.807) is 51.3 Å². The van der Waals surface area contributed by atoms with Gasteiger partial charge in [-0.1, -0.05) is 6.07 Å². The van der Waals surface area contributed by atoms with Gasteiger partial charge in [0.1, 0.15) is 11.5 Å². The van der Waals surface area contributed by atoms with Gasteiger partial charge < -0.3 is 30.2 Å². The second-order valence-electron chi connectivity index (χ2n) is 11.8. The molecule has 5 aromatic carbocycles. The van der Waals surface area contributed by atoms with Crippen LogP contribution in [0.25, 0.3) is 24.2 Å². The van der Waals surface area contributed by atoms with Crippen molar-refractivity contribution in [2.24, 2.45) is 0 Å². The number of nitrogens with two attached hydrogens (primary N) is 1. The highest BCUT2D eigenvalue weighted by molar-refractivity contribution is 9.11. The molecular weight excluding hydrogens is 954 g/mol. The standard InChI is InChI=1S/C9H8N2O3.C8H5BrN2O3.C8H6BrNO.C8H6N2O3.C8H8N2O/c1-6-4-7(10-2)5-8(11(12)13)9(6)14-3;1-10-5-3-6(9)8(14-2)7(4-5)11(12)13;1-10-6-3-4-8(11-2)7(9)5-6;1-5-3-6(9-2)4-7(8(5)11)10(12)13;1-5-3-6(10-2)4-7(9)8(5)11/h4-5H,1,3H3;3-4H,2H3;3-5H,2H3;3-4,11H,1H3;3-4,11H,9H2,1H3. The summed E-state index contributed by atoms with van der Waals surface area (Å²) in [7, 11) is 4.30. The molecule has 0 aliphatic rings. The summed E-state index contributed by atoms with van der Waals surface area (Å²) < 4.78 is 15.9. The van der Waals surface area contributed by atoms with E-state index in [-0.39, 0.29) is 57.1 Å². The predicted molar refractivity (Wildman–Crippen MR) is 240 cm³/mol. The van der Waals surface area contributed by atoms with Gasteiger partial charge in [-0.15, -0.1) is 0 Å². The molecule has 0 saturated heterocycles. The van der Waals surface area contributed by atoms with Gasteiger partial charge in [0.15, 0.2) is 39.9 Å². The first-order valence-electron chi connectivity index (χ1n) is 16.8. The van der Waals surface area contributed by atoms with E-state index in [1.165, 1.54) is 51.5 Å². The number of methoxy groups -OCH3 is 3. The minimum absolute atomic E-state index is 0.0670. The summed E-state index contributed by atoms with van der Waals surface area (Å²) in [4.78, 5) is 45.5. The minimum Gasteiger partial charge on any atom is -0.506 e. The highest BCUT2D eigenvalue weighted by Gasteiger charge is 2.20. The van der Waals surface area contributed by atoms with E-state index in [0.717, 1.165) is 16.3 Å². The second kappa shape index (κ2) is 25.2. The van der Waals surface area contributed by atoms with Gasteiger partial charge in [0.05, 0.1) is 79.1 Å². The summed E-state index contributed by atoms with van der Waals surface area (Å²) in [5, 5.41) is 50.1. The topological polar surface area (TPSA) is 245 Å². The molecule has 4 N–H and O–H groups in total. The van der Waals surface area contributed by atoms with Crippen LogP contribution in [0.1, 0.15) is 16.7 Å². The number of phenolic OH excluding ortho intramolecular Hbond substituents is 2. The van der Waals surface area contributed by atoms with E-state index < -0.39 is 20.5 Å². The fraction of sp³-hybridized carbons (Fsp3) is 0.146. The van der Waals surface area contributed by atoms with Gasteiger partial charge in [-0.25, -0.2) is 24.2 Å². The quantitative estimate of drug-likeness (QED) is 0.0473. The van der Waals surface area contributed by atoms with Crippen molar-refractivity contribution in [2.75, 3.05) is 27.1 Å². The maximum absolute atomic E-state index is 10.6. The number of aryl methyl sites for hydroxylation is 3. The number of nitrogens with zero attached hydrogens (tertiary/aromatic N) is 8. The average Bonchev–Trinajstić information content (AvgIpc) is 3.26. The zero-order chi connectivity index (χ0) is 48.1. The predicted octanol–water partition coefficient (Wildman–Crippen LogP) is 12.4. The minimum atomic E-state index is -0.711. The van der Waals surface area contributed by atoms with Crippen LogP contribution in [0.15, 0.2) is 75.7 Å². The summed E-state index contributed by atoms with van der Waals surface area (Å²) >= 11 is 6.37. The van der Waals surface area contributed by atoms with E-state index >= 15 is 0 Å². The smallest absolute Gasteiger partial charge is 0.302 e. The highest BCUT2D eigenvalue weighted by atomic mass is 79.9. The molecule has 0 aliphatic heterocycles. The number of anilines is 1. The number of nitro groups is 3. The number of nitrogen functional groups attached to an aromatic ring is 1. The number of hydrogen-bond acceptors (Lipinski definition) is 12. The van der Waals surface area contributed by atoms with Crippen molar-refractivity contribution >= 4 is 83.0 Å². The van der Waals surface area contributed by atoms with E-state index in [9.17, 15) is 40.6 Å². The molecular formula is C41H33Br2N9O11. The normalized spacial score (nSPS) is 9.13. The van der Waals surface area contributed by atoms with Gasteiger partial charge in [0, 0.05) is 22.7 Å². The van der Waals surface area contributed by atoms with Crippen LogP contribution >= 0.6 is 31.9 Å². The number of ether oxygens (including phenoxy) is 3. The molecule has 5 rings (SSSR count). The molecule has 22 heteroatoms. The number of hydrogen-bond donors (Lipinski definition) is 3. The van der Waals surface area contributed by atoms with Crippen LogP contribution in [-0.4, -0.2) is 46.3 Å². The fourth-order valence-electron chi connectivity index (χ4n) is 4.69. The lowest BCUT2D eigenvalue weighted by atomic mass is 10.1. The summed E-state index contributed by atoms with van der Waals surface area (Å²) in [6.07, 6.45) is 0. The van der Waals surface area contributed by atoms with Crippen LogP contribution in [0, 0.1) is 84.0 Å². The first-order chi connectivity index (χ1) is 29.7. The first kappa shape index (κ1) is 52.5. The maximum atomic E-state index is 10.6. The Morgan fingerprint density at radius 1 is 0.524 bits per heavy atom. The number of phenols is 2. The van der Waals surface area contributed by atoms with Crippen LogP contribution in [0.3, 0.4) is 0 Å². The number of nitro benzene ring substituents is 3. The molecule has 0 aliphatic carbocycles. The van der Waals surface area contributed by atoms with Gasteiger partial charge in [0.25, 0.3) is 0 Å². The molecule has 0 bridgehead atoms. The zero-order valence-electron chi connectivity index (χ0n) is 33.8. The maximum Gasteiger partial charge on any atom is 0.302 e. The Balaban J connectivity index is 0.000000395. The Morgan fingerprint density at radius 2 is 0.905 bits per heavy atom. The Labute approximate surface area is 377 Å². The Bertz CT molecular complexity index is 2650. The van der Waals surface area contributed by atoms with E-state index in [0.29, 0.717) is 32.5 Å². The lowest BCUT2D eigenvalue weighted by Gasteiger charge is -2.05. The van der Waals surface area contributed by atoms with Crippen LogP contribution in [-0.2, 0) is 0 Å². The van der Waals surface area contributed by atoms with Gasteiger partial charge >= 0.3 is 17.1 Å². The molecule has 0 fully saturated rings. The number of halogens is 2.